The molecular formula is C18H24N4O3. The molecule has 0 fully saturated rings. The van der Waals surface area contributed by atoms with Gasteiger partial charge in [-0.25, -0.2) is 0 Å². The summed E-state index contributed by atoms with van der Waals surface area (Å²) in [5, 5.41) is 5.59. The van der Waals surface area contributed by atoms with Crippen molar-refractivity contribution in [2.24, 2.45) is 11.7 Å². The van der Waals surface area contributed by atoms with Gasteiger partial charge >= 0.3 is 0 Å². The number of benzene rings is 1. The molecule has 25 heavy (non-hydrogen) atoms. The summed E-state index contributed by atoms with van der Waals surface area (Å²) >= 11 is 0. The smallest absolute Gasteiger partial charge is 0.274 e. The number of fused-ring (bicyclic) bond motifs is 1. The van der Waals surface area contributed by atoms with Gasteiger partial charge in [0.15, 0.2) is 0 Å². The maximum Gasteiger partial charge on any atom is 0.274 e. The van der Waals surface area contributed by atoms with Crippen molar-refractivity contribution in [1.82, 2.24) is 15.6 Å². The van der Waals surface area contributed by atoms with E-state index in [0.717, 1.165) is 10.9 Å². The first kappa shape index (κ1) is 18.7. The highest BCUT2D eigenvalue weighted by Crippen LogP contribution is 2.15. The molecule has 1 heterocycles. The van der Waals surface area contributed by atoms with E-state index in [0.29, 0.717) is 6.42 Å². The largest absolute Gasteiger partial charge is 0.351 e. The fourth-order valence-electron chi connectivity index (χ4n) is 2.74. The fourth-order valence-corrected chi connectivity index (χ4v) is 2.74. The first-order chi connectivity index (χ1) is 11.7. The maximum absolute atomic E-state index is 12.1. The number of hydrogen-bond acceptors (Lipinski definition) is 4. The van der Waals surface area contributed by atoms with Crippen molar-refractivity contribution in [2.75, 3.05) is 6.54 Å². The highest BCUT2D eigenvalue weighted by Gasteiger charge is 2.29. The third-order valence-corrected chi connectivity index (χ3v) is 3.79. The number of aromatic nitrogens is 1. The fraction of sp³-hybridized carbons (Fsp3) is 0.389. The van der Waals surface area contributed by atoms with E-state index < -0.39 is 23.3 Å². The third-order valence-electron chi connectivity index (χ3n) is 3.79. The van der Waals surface area contributed by atoms with Crippen molar-refractivity contribution >= 4 is 28.6 Å². The van der Waals surface area contributed by atoms with Crippen LogP contribution in [-0.4, -0.2) is 34.8 Å². The number of nitrogens with one attached hydrogen (secondary N) is 3. The molecule has 5 N–H and O–H groups in total. The molecule has 1 aromatic carbocycles. The molecule has 3 amide bonds. The first-order valence-corrected chi connectivity index (χ1v) is 8.18. The molecule has 0 saturated heterocycles. The highest BCUT2D eigenvalue weighted by atomic mass is 16.2. The Hall–Kier alpha value is -2.67. The summed E-state index contributed by atoms with van der Waals surface area (Å²) in [4.78, 5) is 39.0. The third kappa shape index (κ3) is 4.90. The van der Waals surface area contributed by atoms with Gasteiger partial charge < -0.3 is 16.0 Å². The van der Waals surface area contributed by atoms with Crippen LogP contribution in [0.3, 0.4) is 0 Å². The van der Waals surface area contributed by atoms with Gasteiger partial charge in [0, 0.05) is 10.9 Å². The van der Waals surface area contributed by atoms with E-state index in [1.807, 2.05) is 38.1 Å². The summed E-state index contributed by atoms with van der Waals surface area (Å²) in [5.41, 5.74) is 6.00. The molecule has 0 radical (unpaired) electrons. The predicted molar refractivity (Wildman–Crippen MR) is 95.8 cm³/mol. The van der Waals surface area contributed by atoms with Crippen molar-refractivity contribution in [3.63, 3.8) is 0 Å². The Kier molecular flexibility index (Phi) is 5.58. The van der Waals surface area contributed by atoms with Gasteiger partial charge in [0.25, 0.3) is 5.91 Å². The van der Waals surface area contributed by atoms with E-state index in [4.69, 9.17) is 5.73 Å². The standard InChI is InChI=1S/C18H24N4O3/c1-11(2)9-18(3,19)17(25)20-10-15(23)22-16(24)14-8-12-6-4-5-7-13(12)21-14/h4-8,11,21H,9-10,19H2,1-3H3,(H,20,25)(H,22,23,24)/t18-/m0/s1. The Labute approximate surface area is 146 Å². The Morgan fingerprint density at radius 3 is 2.56 bits per heavy atom. The number of para-hydroxylation sites is 1. The molecule has 2 aromatic rings. The number of carbonyl (C=O) groups is 3. The zero-order valence-electron chi connectivity index (χ0n) is 14.7. The summed E-state index contributed by atoms with van der Waals surface area (Å²) in [6.45, 7) is 5.24. The lowest BCUT2D eigenvalue weighted by Gasteiger charge is -2.25. The van der Waals surface area contributed by atoms with Gasteiger partial charge in [-0.15, -0.1) is 0 Å². The SMILES string of the molecule is CC(C)C[C@](C)(N)C(=O)NCC(=O)NC(=O)c1cc2ccccc2[nH]1. The van der Waals surface area contributed by atoms with Crippen molar-refractivity contribution in [1.29, 1.82) is 0 Å². The van der Waals surface area contributed by atoms with Gasteiger partial charge in [0.05, 0.1) is 12.1 Å². The monoisotopic (exact) mass is 344 g/mol. The molecule has 134 valence electrons. The van der Waals surface area contributed by atoms with Gasteiger partial charge in [0.2, 0.25) is 11.8 Å². The molecule has 7 heteroatoms. The number of imide groups is 1. The number of H-pyrrole nitrogens is 1. The molecule has 1 aromatic heterocycles. The average molecular weight is 344 g/mol. The lowest BCUT2D eigenvalue weighted by molar-refractivity contribution is -0.129. The van der Waals surface area contributed by atoms with Gasteiger partial charge in [-0.1, -0.05) is 32.0 Å². The zero-order chi connectivity index (χ0) is 18.6. The second kappa shape index (κ2) is 7.48. The Bertz CT molecular complexity index is 759. The number of aromatic amines is 1. The van der Waals surface area contributed by atoms with E-state index in [1.54, 1.807) is 13.0 Å². The number of hydrogen-bond donors (Lipinski definition) is 4. The zero-order valence-corrected chi connectivity index (χ0v) is 14.7. The second-order valence-corrected chi connectivity index (χ2v) is 6.85. The van der Waals surface area contributed by atoms with Crippen LogP contribution in [0.5, 0.6) is 0 Å². The summed E-state index contributed by atoms with van der Waals surface area (Å²) in [7, 11) is 0. The van der Waals surface area contributed by atoms with Crippen LogP contribution >= 0.6 is 0 Å². The molecule has 0 aliphatic rings. The van der Waals surface area contributed by atoms with Crippen molar-refractivity contribution in [3.8, 4) is 0 Å². The van der Waals surface area contributed by atoms with E-state index in [9.17, 15) is 14.4 Å². The van der Waals surface area contributed by atoms with Crippen LogP contribution in [0.15, 0.2) is 30.3 Å². The van der Waals surface area contributed by atoms with Crippen LogP contribution in [0.1, 0.15) is 37.7 Å². The van der Waals surface area contributed by atoms with Crippen LogP contribution in [0.25, 0.3) is 10.9 Å². The number of amides is 3. The van der Waals surface area contributed by atoms with Crippen LogP contribution < -0.4 is 16.4 Å². The molecule has 2 rings (SSSR count). The predicted octanol–water partition coefficient (Wildman–Crippen LogP) is 1.30. The van der Waals surface area contributed by atoms with Gasteiger partial charge in [-0.2, -0.15) is 0 Å². The molecule has 0 spiro atoms. The molecule has 1 atom stereocenters. The number of carbonyl (C=O) groups excluding carboxylic acids is 3. The Balaban J connectivity index is 1.89. The summed E-state index contributed by atoms with van der Waals surface area (Å²) in [6, 6.07) is 9.07. The quantitative estimate of drug-likeness (QED) is 0.632. The normalized spacial score (nSPS) is 13.5. The molecule has 0 aliphatic carbocycles. The molecule has 0 saturated carbocycles. The van der Waals surface area contributed by atoms with Crippen molar-refractivity contribution in [2.45, 2.75) is 32.7 Å². The molecular weight excluding hydrogens is 320 g/mol. The van der Waals surface area contributed by atoms with E-state index in [-0.39, 0.29) is 18.2 Å². The summed E-state index contributed by atoms with van der Waals surface area (Å²) in [5.74, 6) is -1.32. The Morgan fingerprint density at radius 2 is 1.92 bits per heavy atom. The summed E-state index contributed by atoms with van der Waals surface area (Å²) in [6.07, 6.45) is 0.494. The second-order valence-electron chi connectivity index (χ2n) is 6.85. The molecule has 0 aliphatic heterocycles. The minimum atomic E-state index is -1.06. The molecule has 0 unspecified atom stereocenters. The van der Waals surface area contributed by atoms with Crippen LogP contribution in [-0.2, 0) is 9.59 Å². The van der Waals surface area contributed by atoms with E-state index >= 15 is 0 Å². The van der Waals surface area contributed by atoms with Crippen LogP contribution in [0.2, 0.25) is 0 Å². The maximum atomic E-state index is 12.1. The van der Waals surface area contributed by atoms with Gasteiger partial charge in [-0.3, -0.25) is 19.7 Å². The number of nitrogens with two attached hydrogens (primary N) is 1. The van der Waals surface area contributed by atoms with E-state index in [2.05, 4.69) is 15.6 Å². The molecule has 7 nitrogen and oxygen atoms in total. The summed E-state index contributed by atoms with van der Waals surface area (Å²) < 4.78 is 0. The highest BCUT2D eigenvalue weighted by molar-refractivity contribution is 6.07. The van der Waals surface area contributed by atoms with Gasteiger partial charge in [0.1, 0.15) is 5.69 Å². The lowest BCUT2D eigenvalue weighted by atomic mass is 9.91. The van der Waals surface area contributed by atoms with Crippen LogP contribution in [0, 0.1) is 5.92 Å². The van der Waals surface area contributed by atoms with Crippen molar-refractivity contribution in [3.05, 3.63) is 36.0 Å². The van der Waals surface area contributed by atoms with Gasteiger partial charge in [-0.05, 0) is 31.4 Å². The van der Waals surface area contributed by atoms with Crippen molar-refractivity contribution < 1.29 is 14.4 Å². The topological polar surface area (TPSA) is 117 Å². The lowest BCUT2D eigenvalue weighted by Crippen LogP contribution is -2.54. The Morgan fingerprint density at radius 1 is 1.24 bits per heavy atom. The van der Waals surface area contributed by atoms with Crippen LogP contribution in [0.4, 0.5) is 0 Å². The van der Waals surface area contributed by atoms with E-state index in [1.165, 1.54) is 0 Å². The first-order valence-electron chi connectivity index (χ1n) is 8.18. The average Bonchev–Trinajstić information content (AvgIpc) is 2.95. The molecule has 0 bridgehead atoms. The number of rotatable bonds is 6. The minimum absolute atomic E-state index is 0.248. The minimum Gasteiger partial charge on any atom is -0.351 e.